The summed E-state index contributed by atoms with van der Waals surface area (Å²) in [5.41, 5.74) is 5.61. The second-order valence-electron chi connectivity index (χ2n) is 4.47. The summed E-state index contributed by atoms with van der Waals surface area (Å²) in [4.78, 5) is 17.3. The molecule has 0 spiro atoms. The van der Waals surface area contributed by atoms with E-state index in [4.69, 9.17) is 5.73 Å². The first kappa shape index (κ1) is 18.7. The molecule has 0 unspecified atom stereocenters. The Labute approximate surface area is 130 Å². The first-order chi connectivity index (χ1) is 8.16. The van der Waals surface area contributed by atoms with Crippen LogP contribution in [0.25, 0.3) is 0 Å². The number of rotatable bonds is 3. The van der Waals surface area contributed by atoms with Crippen molar-refractivity contribution in [3.05, 3.63) is 22.4 Å². The average Bonchev–Trinajstić information content (AvgIpc) is 2.82. The van der Waals surface area contributed by atoms with E-state index in [9.17, 15) is 4.79 Å². The summed E-state index contributed by atoms with van der Waals surface area (Å²) in [6.07, 6.45) is 0. The molecule has 1 saturated heterocycles. The molecule has 1 aromatic heterocycles. The van der Waals surface area contributed by atoms with E-state index in [-0.39, 0.29) is 36.8 Å². The molecule has 1 amide bonds. The summed E-state index contributed by atoms with van der Waals surface area (Å²) in [5.74, 6) is 0.0702. The lowest BCUT2D eigenvalue weighted by molar-refractivity contribution is -0.134. The van der Waals surface area contributed by atoms with Gasteiger partial charge in [0.2, 0.25) is 5.91 Å². The normalized spacial score (nSPS) is 17.3. The predicted molar refractivity (Wildman–Crippen MR) is 84.3 cm³/mol. The minimum atomic E-state index is -0.376. The van der Waals surface area contributed by atoms with Crippen molar-refractivity contribution in [1.29, 1.82) is 0 Å². The fraction of sp³-hybridized carbons (Fsp3) is 0.583. The van der Waals surface area contributed by atoms with Gasteiger partial charge in [0.15, 0.2) is 0 Å². The van der Waals surface area contributed by atoms with Crippen LogP contribution in [0.3, 0.4) is 0 Å². The van der Waals surface area contributed by atoms with Gasteiger partial charge in [-0.15, -0.1) is 36.2 Å². The number of halogens is 2. The smallest absolute Gasteiger partial charge is 0.239 e. The Hall–Kier alpha value is -0.330. The maximum Gasteiger partial charge on any atom is 0.239 e. The fourth-order valence-corrected chi connectivity index (χ4v) is 2.78. The molecule has 2 rings (SSSR count). The molecule has 1 aliphatic heterocycles. The third-order valence-electron chi connectivity index (χ3n) is 3.03. The van der Waals surface area contributed by atoms with Crippen LogP contribution in [-0.2, 0) is 11.3 Å². The number of piperazine rings is 1. The fourth-order valence-electron chi connectivity index (χ4n) is 2.04. The van der Waals surface area contributed by atoms with E-state index in [1.165, 1.54) is 4.88 Å². The molecule has 110 valence electrons. The summed E-state index contributed by atoms with van der Waals surface area (Å²) in [6, 6.07) is 3.86. The Morgan fingerprint density at radius 3 is 2.47 bits per heavy atom. The molecule has 0 aromatic carbocycles. The number of hydrogen-bond acceptors (Lipinski definition) is 4. The molecule has 2 N–H and O–H groups in total. The van der Waals surface area contributed by atoms with E-state index in [1.54, 1.807) is 18.3 Å². The Kier molecular flexibility index (Phi) is 8.61. The maximum atomic E-state index is 11.7. The lowest BCUT2D eigenvalue weighted by Gasteiger charge is -2.35. The molecule has 0 bridgehead atoms. The Morgan fingerprint density at radius 2 is 2.00 bits per heavy atom. The Balaban J connectivity index is 0.00000162. The van der Waals surface area contributed by atoms with E-state index < -0.39 is 0 Å². The van der Waals surface area contributed by atoms with Gasteiger partial charge >= 0.3 is 0 Å². The van der Waals surface area contributed by atoms with Gasteiger partial charge in [-0.05, 0) is 18.4 Å². The van der Waals surface area contributed by atoms with Gasteiger partial charge in [-0.1, -0.05) is 6.07 Å². The van der Waals surface area contributed by atoms with Crippen LogP contribution < -0.4 is 5.73 Å². The number of amides is 1. The second-order valence-corrected chi connectivity index (χ2v) is 5.50. The SMILES string of the molecule is C[C@H](N)C(=O)N1CCN(Cc2cccs2)CC1.Cl.Cl. The molecule has 1 aromatic rings. The summed E-state index contributed by atoms with van der Waals surface area (Å²) in [7, 11) is 0. The summed E-state index contributed by atoms with van der Waals surface area (Å²) < 4.78 is 0. The summed E-state index contributed by atoms with van der Waals surface area (Å²) in [6.45, 7) is 6.22. The predicted octanol–water partition coefficient (Wildman–Crippen LogP) is 1.58. The molecule has 1 fully saturated rings. The van der Waals surface area contributed by atoms with E-state index in [2.05, 4.69) is 22.4 Å². The van der Waals surface area contributed by atoms with Gasteiger partial charge in [0.25, 0.3) is 0 Å². The molecule has 2 heterocycles. The highest BCUT2D eigenvalue weighted by Gasteiger charge is 2.22. The van der Waals surface area contributed by atoms with Gasteiger partial charge in [-0.3, -0.25) is 9.69 Å². The molecule has 1 aliphatic rings. The molecular weight excluding hydrogens is 305 g/mol. The van der Waals surface area contributed by atoms with Gasteiger partial charge in [0, 0.05) is 37.6 Å². The van der Waals surface area contributed by atoms with Gasteiger partial charge in [0.05, 0.1) is 6.04 Å². The topological polar surface area (TPSA) is 49.6 Å². The number of carbonyl (C=O) groups is 1. The van der Waals surface area contributed by atoms with Gasteiger partial charge in [0.1, 0.15) is 0 Å². The van der Waals surface area contributed by atoms with Crippen molar-refractivity contribution >= 4 is 42.1 Å². The van der Waals surface area contributed by atoms with Crippen LogP contribution in [0.4, 0.5) is 0 Å². The number of hydrogen-bond donors (Lipinski definition) is 1. The minimum absolute atomic E-state index is 0. The minimum Gasteiger partial charge on any atom is -0.339 e. The monoisotopic (exact) mass is 325 g/mol. The van der Waals surface area contributed by atoms with Crippen LogP contribution in [-0.4, -0.2) is 47.9 Å². The van der Waals surface area contributed by atoms with Crippen LogP contribution in [0.15, 0.2) is 17.5 Å². The lowest BCUT2D eigenvalue weighted by Crippen LogP contribution is -2.52. The van der Waals surface area contributed by atoms with Crippen molar-refractivity contribution in [2.24, 2.45) is 5.73 Å². The van der Waals surface area contributed by atoms with E-state index in [0.717, 1.165) is 32.7 Å². The van der Waals surface area contributed by atoms with Crippen molar-refractivity contribution in [1.82, 2.24) is 9.80 Å². The van der Waals surface area contributed by atoms with Gasteiger partial charge < -0.3 is 10.6 Å². The Morgan fingerprint density at radius 1 is 1.37 bits per heavy atom. The first-order valence-electron chi connectivity index (χ1n) is 5.96. The molecule has 0 aliphatic carbocycles. The zero-order valence-corrected chi connectivity index (χ0v) is 13.4. The average molecular weight is 326 g/mol. The summed E-state index contributed by atoms with van der Waals surface area (Å²) >= 11 is 1.79. The van der Waals surface area contributed by atoms with Crippen molar-refractivity contribution in [2.75, 3.05) is 26.2 Å². The zero-order valence-electron chi connectivity index (χ0n) is 10.9. The van der Waals surface area contributed by atoms with Crippen molar-refractivity contribution in [2.45, 2.75) is 19.5 Å². The third-order valence-corrected chi connectivity index (χ3v) is 3.89. The third kappa shape index (κ3) is 5.28. The Bertz CT molecular complexity index is 365. The molecule has 19 heavy (non-hydrogen) atoms. The molecule has 0 radical (unpaired) electrons. The quantitative estimate of drug-likeness (QED) is 0.918. The molecule has 4 nitrogen and oxygen atoms in total. The van der Waals surface area contributed by atoms with Crippen molar-refractivity contribution < 1.29 is 4.79 Å². The molecule has 7 heteroatoms. The van der Waals surface area contributed by atoms with Crippen molar-refractivity contribution in [3.63, 3.8) is 0 Å². The van der Waals surface area contributed by atoms with E-state index in [1.807, 2.05) is 4.90 Å². The van der Waals surface area contributed by atoms with Gasteiger partial charge in [-0.2, -0.15) is 0 Å². The second kappa shape index (κ2) is 8.76. The van der Waals surface area contributed by atoms with Crippen LogP contribution in [0, 0.1) is 0 Å². The number of thiophene rings is 1. The standard InChI is InChI=1S/C12H19N3OS.2ClH/c1-10(13)12(16)15-6-4-14(5-7-15)9-11-3-2-8-17-11;;/h2-3,8,10H,4-7,9,13H2,1H3;2*1H/t10-;;/m0../s1. The summed E-state index contributed by atoms with van der Waals surface area (Å²) in [5, 5.41) is 2.10. The maximum absolute atomic E-state index is 11.7. The van der Waals surface area contributed by atoms with Crippen LogP contribution in [0.1, 0.15) is 11.8 Å². The van der Waals surface area contributed by atoms with Crippen LogP contribution in [0.2, 0.25) is 0 Å². The number of nitrogens with zero attached hydrogens (tertiary/aromatic N) is 2. The zero-order chi connectivity index (χ0) is 12.3. The molecule has 1 atom stereocenters. The number of nitrogens with two attached hydrogens (primary N) is 1. The molecular formula is C12H21Cl2N3OS. The van der Waals surface area contributed by atoms with Crippen molar-refractivity contribution in [3.8, 4) is 0 Å². The first-order valence-corrected chi connectivity index (χ1v) is 6.84. The highest BCUT2D eigenvalue weighted by Crippen LogP contribution is 2.13. The van der Waals surface area contributed by atoms with Crippen LogP contribution in [0.5, 0.6) is 0 Å². The highest BCUT2D eigenvalue weighted by molar-refractivity contribution is 7.09. The van der Waals surface area contributed by atoms with Gasteiger partial charge in [-0.25, -0.2) is 0 Å². The number of carbonyl (C=O) groups excluding carboxylic acids is 1. The van der Waals surface area contributed by atoms with E-state index >= 15 is 0 Å². The largest absolute Gasteiger partial charge is 0.339 e. The molecule has 0 saturated carbocycles. The van der Waals surface area contributed by atoms with Crippen LogP contribution >= 0.6 is 36.2 Å². The lowest BCUT2D eigenvalue weighted by atomic mass is 10.2. The van der Waals surface area contributed by atoms with E-state index in [0.29, 0.717) is 0 Å². The highest BCUT2D eigenvalue weighted by atomic mass is 35.5.